The molecule has 0 bridgehead atoms. The Labute approximate surface area is 157 Å². The zero-order chi connectivity index (χ0) is 19.1. The number of ether oxygens (including phenoxy) is 1. The highest BCUT2D eigenvalue weighted by Gasteiger charge is 2.06. The second-order valence-corrected chi connectivity index (χ2v) is 5.80. The molecule has 27 heavy (non-hydrogen) atoms. The Morgan fingerprint density at radius 3 is 2.37 bits per heavy atom. The van der Waals surface area contributed by atoms with E-state index in [2.05, 4.69) is 39.6 Å². The fraction of sp³-hybridized carbons (Fsp3) is 0.263. The third-order valence-electron chi connectivity index (χ3n) is 4.10. The molecule has 8 heteroatoms. The van der Waals surface area contributed by atoms with Gasteiger partial charge in [-0.05, 0) is 72.8 Å². The Kier molecular flexibility index (Phi) is 5.98. The average molecular weight is 366 g/mol. The molecule has 1 heterocycles. The van der Waals surface area contributed by atoms with Crippen molar-refractivity contribution in [1.82, 2.24) is 20.2 Å². The molecule has 1 N–H and O–H groups in total. The van der Waals surface area contributed by atoms with Gasteiger partial charge in [0.25, 0.3) is 5.91 Å². The van der Waals surface area contributed by atoms with Crippen LogP contribution in [0.3, 0.4) is 0 Å². The van der Waals surface area contributed by atoms with Crippen molar-refractivity contribution in [2.45, 2.75) is 13.8 Å². The summed E-state index contributed by atoms with van der Waals surface area (Å²) >= 11 is 0. The van der Waals surface area contributed by atoms with Crippen LogP contribution in [0.25, 0.3) is 5.69 Å². The summed E-state index contributed by atoms with van der Waals surface area (Å²) in [5.41, 5.74) is 2.69. The lowest BCUT2D eigenvalue weighted by Gasteiger charge is -2.21. The molecule has 0 unspecified atom stereocenters. The number of tetrazole rings is 1. The van der Waals surface area contributed by atoms with Crippen LogP contribution in [0.4, 0.5) is 11.4 Å². The number of amides is 1. The van der Waals surface area contributed by atoms with Crippen LogP contribution in [0.15, 0.2) is 54.9 Å². The van der Waals surface area contributed by atoms with Crippen LogP contribution in [-0.4, -0.2) is 45.8 Å². The Hall–Kier alpha value is -3.42. The first-order chi connectivity index (χ1) is 13.2. The van der Waals surface area contributed by atoms with Crippen LogP contribution in [0.5, 0.6) is 5.75 Å². The molecule has 0 atom stereocenters. The summed E-state index contributed by atoms with van der Waals surface area (Å²) in [5, 5.41) is 13.8. The first-order valence-corrected chi connectivity index (χ1v) is 8.80. The molecule has 8 nitrogen and oxygen atoms in total. The van der Waals surface area contributed by atoms with Gasteiger partial charge >= 0.3 is 0 Å². The summed E-state index contributed by atoms with van der Waals surface area (Å²) in [6.45, 7) is 6.06. The molecule has 0 radical (unpaired) electrons. The molecule has 0 aliphatic rings. The van der Waals surface area contributed by atoms with Gasteiger partial charge in [-0.25, -0.2) is 4.68 Å². The van der Waals surface area contributed by atoms with E-state index < -0.39 is 0 Å². The molecule has 0 aliphatic carbocycles. The number of rotatable bonds is 8. The van der Waals surface area contributed by atoms with Gasteiger partial charge in [0.1, 0.15) is 12.1 Å². The molecule has 0 aliphatic heterocycles. The molecule has 3 aromatic rings. The topological polar surface area (TPSA) is 85.2 Å². The van der Waals surface area contributed by atoms with Crippen LogP contribution in [0.2, 0.25) is 0 Å². The molecule has 0 spiro atoms. The molecular weight excluding hydrogens is 344 g/mol. The zero-order valence-electron chi connectivity index (χ0n) is 15.4. The average Bonchev–Trinajstić information content (AvgIpc) is 3.24. The fourth-order valence-electron chi connectivity index (χ4n) is 2.66. The summed E-state index contributed by atoms with van der Waals surface area (Å²) in [5.74, 6) is 0.383. The zero-order valence-corrected chi connectivity index (χ0v) is 15.4. The van der Waals surface area contributed by atoms with Gasteiger partial charge in [-0.1, -0.05) is 0 Å². The third-order valence-corrected chi connectivity index (χ3v) is 4.10. The van der Waals surface area contributed by atoms with E-state index in [0.29, 0.717) is 5.75 Å². The summed E-state index contributed by atoms with van der Waals surface area (Å²) in [6.07, 6.45) is 1.51. The molecule has 1 amide bonds. The van der Waals surface area contributed by atoms with E-state index in [9.17, 15) is 4.79 Å². The standard InChI is InChI=1S/C19H22N6O2/c1-3-24(4-2)16-7-5-15(6-8-16)21-19(26)13-27-18-11-9-17(10-12-18)25-14-20-22-23-25/h5-12,14H,3-4,13H2,1-2H3,(H,21,26). The Balaban J connectivity index is 1.51. The van der Waals surface area contributed by atoms with E-state index in [4.69, 9.17) is 4.74 Å². The van der Waals surface area contributed by atoms with Crippen molar-refractivity contribution in [3.05, 3.63) is 54.9 Å². The number of hydrogen-bond donors (Lipinski definition) is 1. The fourth-order valence-corrected chi connectivity index (χ4v) is 2.66. The number of benzene rings is 2. The molecule has 0 saturated heterocycles. The quantitative estimate of drug-likeness (QED) is 0.659. The van der Waals surface area contributed by atoms with Gasteiger partial charge in [0, 0.05) is 24.5 Å². The molecule has 3 rings (SSSR count). The van der Waals surface area contributed by atoms with Gasteiger partial charge in [0.2, 0.25) is 0 Å². The lowest BCUT2D eigenvalue weighted by atomic mass is 10.2. The smallest absolute Gasteiger partial charge is 0.262 e. The maximum absolute atomic E-state index is 12.1. The van der Waals surface area contributed by atoms with Gasteiger partial charge in [0.15, 0.2) is 6.61 Å². The van der Waals surface area contributed by atoms with E-state index in [0.717, 1.165) is 30.2 Å². The van der Waals surface area contributed by atoms with Crippen LogP contribution < -0.4 is 15.0 Å². The van der Waals surface area contributed by atoms with Crippen LogP contribution in [0, 0.1) is 0 Å². The van der Waals surface area contributed by atoms with Gasteiger partial charge in [0.05, 0.1) is 5.69 Å². The van der Waals surface area contributed by atoms with E-state index in [1.165, 1.54) is 6.33 Å². The highest BCUT2D eigenvalue weighted by molar-refractivity contribution is 5.92. The highest BCUT2D eigenvalue weighted by atomic mass is 16.5. The van der Waals surface area contributed by atoms with Crippen molar-refractivity contribution < 1.29 is 9.53 Å². The maximum Gasteiger partial charge on any atom is 0.262 e. The third kappa shape index (κ3) is 4.81. The van der Waals surface area contributed by atoms with Crippen LogP contribution in [-0.2, 0) is 4.79 Å². The Morgan fingerprint density at radius 2 is 1.78 bits per heavy atom. The second-order valence-electron chi connectivity index (χ2n) is 5.80. The first-order valence-electron chi connectivity index (χ1n) is 8.80. The van der Waals surface area contributed by atoms with Crippen molar-refractivity contribution >= 4 is 17.3 Å². The van der Waals surface area contributed by atoms with Gasteiger partial charge in [-0.15, -0.1) is 5.10 Å². The lowest BCUT2D eigenvalue weighted by Crippen LogP contribution is -2.22. The highest BCUT2D eigenvalue weighted by Crippen LogP contribution is 2.18. The lowest BCUT2D eigenvalue weighted by molar-refractivity contribution is -0.118. The SMILES string of the molecule is CCN(CC)c1ccc(NC(=O)COc2ccc(-n3cnnn3)cc2)cc1. The summed E-state index contributed by atoms with van der Waals surface area (Å²) in [7, 11) is 0. The number of carbonyl (C=O) groups is 1. The second kappa shape index (κ2) is 8.79. The van der Waals surface area contributed by atoms with Crippen LogP contribution >= 0.6 is 0 Å². The summed E-state index contributed by atoms with van der Waals surface area (Å²) in [4.78, 5) is 14.3. The molecule has 140 valence electrons. The predicted octanol–water partition coefficient (Wildman–Crippen LogP) is 2.53. The molecular formula is C19H22N6O2. The molecule has 0 saturated carbocycles. The normalized spacial score (nSPS) is 10.4. The minimum atomic E-state index is -0.213. The molecule has 1 aromatic heterocycles. The van der Waals surface area contributed by atoms with Crippen molar-refractivity contribution in [3.8, 4) is 11.4 Å². The minimum Gasteiger partial charge on any atom is -0.484 e. The molecule has 2 aromatic carbocycles. The van der Waals surface area contributed by atoms with E-state index in [1.807, 2.05) is 36.4 Å². The first kappa shape index (κ1) is 18.4. The van der Waals surface area contributed by atoms with Crippen LogP contribution in [0.1, 0.15) is 13.8 Å². The van der Waals surface area contributed by atoms with E-state index in [1.54, 1.807) is 16.8 Å². The van der Waals surface area contributed by atoms with Gasteiger partial charge in [-0.3, -0.25) is 4.79 Å². The van der Waals surface area contributed by atoms with E-state index >= 15 is 0 Å². The number of anilines is 2. The summed E-state index contributed by atoms with van der Waals surface area (Å²) in [6, 6.07) is 15.0. The monoisotopic (exact) mass is 366 g/mol. The Morgan fingerprint density at radius 1 is 1.07 bits per heavy atom. The number of aromatic nitrogens is 4. The van der Waals surface area contributed by atoms with Crippen molar-refractivity contribution in [2.75, 3.05) is 29.9 Å². The number of nitrogens with one attached hydrogen (secondary N) is 1. The maximum atomic E-state index is 12.1. The predicted molar refractivity (Wildman–Crippen MR) is 103 cm³/mol. The van der Waals surface area contributed by atoms with E-state index in [-0.39, 0.29) is 12.5 Å². The van der Waals surface area contributed by atoms with Gasteiger partial charge in [-0.2, -0.15) is 0 Å². The summed E-state index contributed by atoms with van der Waals surface area (Å²) < 4.78 is 7.07. The van der Waals surface area contributed by atoms with Crippen molar-refractivity contribution in [1.29, 1.82) is 0 Å². The molecule has 0 fully saturated rings. The van der Waals surface area contributed by atoms with Crippen molar-refractivity contribution in [3.63, 3.8) is 0 Å². The number of carbonyl (C=O) groups excluding carboxylic acids is 1. The number of hydrogen-bond acceptors (Lipinski definition) is 6. The van der Waals surface area contributed by atoms with Crippen molar-refractivity contribution in [2.24, 2.45) is 0 Å². The largest absolute Gasteiger partial charge is 0.484 e. The number of nitrogens with zero attached hydrogens (tertiary/aromatic N) is 5. The Bertz CT molecular complexity index is 843. The minimum absolute atomic E-state index is 0.0674. The van der Waals surface area contributed by atoms with Gasteiger partial charge < -0.3 is 15.0 Å².